The largest absolute Gasteiger partial charge is 0.455 e. The summed E-state index contributed by atoms with van der Waals surface area (Å²) in [5, 5.41) is 0. The first-order valence-electron chi connectivity index (χ1n) is 5.32. The number of ether oxygens (including phenoxy) is 1. The summed E-state index contributed by atoms with van der Waals surface area (Å²) in [5.41, 5.74) is 4.31. The van der Waals surface area contributed by atoms with Crippen LogP contribution in [0.4, 0.5) is 10.1 Å². The van der Waals surface area contributed by atoms with Crippen molar-refractivity contribution >= 4 is 5.69 Å². The molecule has 0 spiro atoms. The SMILES string of the molecule is C/C=C\C(Oc1ccc(NN)c(C)c1)=C(/C)F. The maximum atomic E-state index is 13.2. The zero-order chi connectivity index (χ0) is 12.8. The van der Waals surface area contributed by atoms with E-state index in [1.54, 1.807) is 37.3 Å². The molecular formula is C13H17FN2O. The maximum absolute atomic E-state index is 13.2. The monoisotopic (exact) mass is 236 g/mol. The predicted molar refractivity (Wildman–Crippen MR) is 68.2 cm³/mol. The third-order valence-corrected chi connectivity index (χ3v) is 2.24. The Kier molecular flexibility index (Phi) is 4.72. The van der Waals surface area contributed by atoms with Crippen LogP contribution in [-0.2, 0) is 0 Å². The van der Waals surface area contributed by atoms with Gasteiger partial charge in [-0.25, -0.2) is 4.39 Å². The van der Waals surface area contributed by atoms with Gasteiger partial charge in [-0.05, 0) is 50.6 Å². The van der Waals surface area contributed by atoms with Gasteiger partial charge < -0.3 is 10.2 Å². The lowest BCUT2D eigenvalue weighted by molar-refractivity contribution is 0.414. The Labute approximate surface area is 101 Å². The van der Waals surface area contributed by atoms with Crippen LogP contribution in [0.3, 0.4) is 0 Å². The highest BCUT2D eigenvalue weighted by Gasteiger charge is 2.04. The van der Waals surface area contributed by atoms with Crippen molar-refractivity contribution in [3.63, 3.8) is 0 Å². The molecule has 0 heterocycles. The van der Waals surface area contributed by atoms with Crippen molar-refractivity contribution in [2.45, 2.75) is 20.8 Å². The minimum absolute atomic E-state index is 0.209. The van der Waals surface area contributed by atoms with E-state index in [0.717, 1.165) is 11.3 Å². The number of benzene rings is 1. The Balaban J connectivity index is 2.95. The zero-order valence-electron chi connectivity index (χ0n) is 10.3. The first-order chi connectivity index (χ1) is 8.08. The molecule has 0 aliphatic carbocycles. The third kappa shape index (κ3) is 3.60. The lowest BCUT2D eigenvalue weighted by atomic mass is 10.2. The number of allylic oxidation sites excluding steroid dienone is 3. The van der Waals surface area contributed by atoms with Crippen molar-refractivity contribution in [3.8, 4) is 5.75 Å². The molecule has 17 heavy (non-hydrogen) atoms. The molecule has 0 amide bonds. The van der Waals surface area contributed by atoms with E-state index in [9.17, 15) is 4.39 Å². The molecule has 4 heteroatoms. The number of nitrogens with two attached hydrogens (primary N) is 1. The molecule has 92 valence electrons. The van der Waals surface area contributed by atoms with Crippen LogP contribution in [0.2, 0.25) is 0 Å². The summed E-state index contributed by atoms with van der Waals surface area (Å²) in [6, 6.07) is 5.31. The molecular weight excluding hydrogens is 219 g/mol. The average Bonchev–Trinajstić information content (AvgIpc) is 2.28. The molecule has 1 aromatic carbocycles. The van der Waals surface area contributed by atoms with E-state index in [4.69, 9.17) is 10.6 Å². The van der Waals surface area contributed by atoms with Crippen LogP contribution in [0.15, 0.2) is 41.9 Å². The van der Waals surface area contributed by atoms with Gasteiger partial charge in [0.2, 0.25) is 0 Å². The van der Waals surface area contributed by atoms with Gasteiger partial charge in [-0.2, -0.15) is 0 Å². The Bertz CT molecular complexity index is 449. The van der Waals surface area contributed by atoms with Crippen LogP contribution in [0.5, 0.6) is 5.75 Å². The Morgan fingerprint density at radius 3 is 2.65 bits per heavy atom. The highest BCUT2D eigenvalue weighted by atomic mass is 19.1. The van der Waals surface area contributed by atoms with Crippen molar-refractivity contribution in [1.82, 2.24) is 0 Å². The number of hydrogen-bond acceptors (Lipinski definition) is 3. The van der Waals surface area contributed by atoms with Crippen LogP contribution < -0.4 is 16.0 Å². The van der Waals surface area contributed by atoms with Gasteiger partial charge in [-0.1, -0.05) is 6.08 Å². The predicted octanol–water partition coefficient (Wildman–Crippen LogP) is 3.44. The number of hydrogen-bond donors (Lipinski definition) is 2. The van der Waals surface area contributed by atoms with Gasteiger partial charge in [0.1, 0.15) is 11.6 Å². The molecule has 0 aliphatic heterocycles. The van der Waals surface area contributed by atoms with Gasteiger partial charge in [0.15, 0.2) is 5.76 Å². The van der Waals surface area contributed by atoms with Gasteiger partial charge in [0.05, 0.1) is 5.69 Å². The minimum Gasteiger partial charge on any atom is -0.455 e. The third-order valence-electron chi connectivity index (χ3n) is 2.24. The highest BCUT2D eigenvalue weighted by molar-refractivity contribution is 5.53. The van der Waals surface area contributed by atoms with E-state index in [-0.39, 0.29) is 11.6 Å². The average molecular weight is 236 g/mol. The summed E-state index contributed by atoms with van der Waals surface area (Å²) >= 11 is 0. The molecule has 0 fully saturated rings. The second kappa shape index (κ2) is 6.06. The second-order valence-electron chi connectivity index (χ2n) is 3.62. The first kappa shape index (κ1) is 13.3. The topological polar surface area (TPSA) is 47.3 Å². The number of aryl methyl sites for hydroxylation is 1. The second-order valence-corrected chi connectivity index (χ2v) is 3.62. The van der Waals surface area contributed by atoms with Crippen molar-refractivity contribution in [1.29, 1.82) is 0 Å². The number of nitrogen functional groups attached to an aromatic ring is 1. The van der Waals surface area contributed by atoms with E-state index in [0.29, 0.717) is 5.75 Å². The Morgan fingerprint density at radius 2 is 2.18 bits per heavy atom. The molecule has 0 atom stereocenters. The van der Waals surface area contributed by atoms with Crippen molar-refractivity contribution in [2.75, 3.05) is 5.43 Å². The minimum atomic E-state index is -0.359. The van der Waals surface area contributed by atoms with Crippen LogP contribution in [0, 0.1) is 6.92 Å². The molecule has 0 unspecified atom stereocenters. The smallest absolute Gasteiger partial charge is 0.158 e. The van der Waals surface area contributed by atoms with Crippen LogP contribution in [0.1, 0.15) is 19.4 Å². The summed E-state index contributed by atoms with van der Waals surface area (Å²) in [6.07, 6.45) is 3.31. The number of halogens is 1. The fraction of sp³-hybridized carbons (Fsp3) is 0.231. The molecule has 0 aromatic heterocycles. The summed E-state index contributed by atoms with van der Waals surface area (Å²) in [6.45, 7) is 5.06. The molecule has 0 radical (unpaired) electrons. The molecule has 0 saturated carbocycles. The summed E-state index contributed by atoms with van der Waals surface area (Å²) in [7, 11) is 0. The van der Waals surface area contributed by atoms with Gasteiger partial charge in [-0.3, -0.25) is 5.84 Å². The van der Waals surface area contributed by atoms with E-state index in [1.807, 2.05) is 6.92 Å². The standard InChI is InChI=1S/C13H17FN2O/c1-4-5-13(10(3)14)17-11-6-7-12(16-15)9(2)8-11/h4-8,16H,15H2,1-3H3/b5-4-,13-10-. The van der Waals surface area contributed by atoms with Gasteiger partial charge in [0.25, 0.3) is 0 Å². The van der Waals surface area contributed by atoms with E-state index < -0.39 is 0 Å². The number of anilines is 1. The normalized spacial score (nSPS) is 12.5. The molecule has 0 aliphatic rings. The van der Waals surface area contributed by atoms with Crippen LogP contribution >= 0.6 is 0 Å². The Hall–Kier alpha value is -1.81. The van der Waals surface area contributed by atoms with Crippen LogP contribution in [0.25, 0.3) is 0 Å². The lowest BCUT2D eigenvalue weighted by Crippen LogP contribution is -2.08. The molecule has 0 bridgehead atoms. The van der Waals surface area contributed by atoms with E-state index in [1.165, 1.54) is 6.92 Å². The van der Waals surface area contributed by atoms with Gasteiger partial charge >= 0.3 is 0 Å². The van der Waals surface area contributed by atoms with Crippen molar-refractivity contribution in [2.24, 2.45) is 5.84 Å². The zero-order valence-corrected chi connectivity index (χ0v) is 10.3. The maximum Gasteiger partial charge on any atom is 0.158 e. The fourth-order valence-corrected chi connectivity index (χ4v) is 1.36. The molecule has 1 rings (SSSR count). The highest BCUT2D eigenvalue weighted by Crippen LogP contribution is 2.23. The Morgan fingerprint density at radius 1 is 1.47 bits per heavy atom. The van der Waals surface area contributed by atoms with Crippen molar-refractivity contribution < 1.29 is 9.13 Å². The van der Waals surface area contributed by atoms with E-state index in [2.05, 4.69) is 5.43 Å². The summed E-state index contributed by atoms with van der Waals surface area (Å²) in [5.74, 6) is 5.75. The summed E-state index contributed by atoms with van der Waals surface area (Å²) < 4.78 is 18.6. The van der Waals surface area contributed by atoms with E-state index >= 15 is 0 Å². The van der Waals surface area contributed by atoms with Gasteiger partial charge in [0, 0.05) is 0 Å². The number of rotatable bonds is 4. The van der Waals surface area contributed by atoms with Gasteiger partial charge in [-0.15, -0.1) is 0 Å². The lowest BCUT2D eigenvalue weighted by Gasteiger charge is -2.10. The molecule has 0 saturated heterocycles. The number of hydrazine groups is 1. The first-order valence-corrected chi connectivity index (χ1v) is 5.32. The summed E-state index contributed by atoms with van der Waals surface area (Å²) in [4.78, 5) is 0. The number of nitrogens with one attached hydrogen (secondary N) is 1. The molecule has 1 aromatic rings. The molecule has 3 N–H and O–H groups in total. The fourth-order valence-electron chi connectivity index (χ4n) is 1.36. The quantitative estimate of drug-likeness (QED) is 0.364. The van der Waals surface area contributed by atoms with Crippen LogP contribution in [-0.4, -0.2) is 0 Å². The molecule has 3 nitrogen and oxygen atoms in total. The van der Waals surface area contributed by atoms with Crippen molar-refractivity contribution in [3.05, 3.63) is 47.5 Å².